The molecular weight excluding hydrogens is 411 g/mol. The third-order valence-corrected chi connectivity index (χ3v) is 6.73. The van der Waals surface area contributed by atoms with Crippen LogP contribution in [0.2, 0.25) is 5.02 Å². The second kappa shape index (κ2) is 7.66. The van der Waals surface area contributed by atoms with Gasteiger partial charge in [0.05, 0.1) is 17.6 Å². The third kappa shape index (κ3) is 3.98. The summed E-state index contributed by atoms with van der Waals surface area (Å²) in [6.07, 6.45) is -0.0429. The first-order valence-corrected chi connectivity index (χ1v) is 10.8. The van der Waals surface area contributed by atoms with E-state index in [1.165, 1.54) is 0 Å². The molecule has 31 heavy (non-hydrogen) atoms. The van der Waals surface area contributed by atoms with E-state index in [1.807, 2.05) is 77.1 Å². The van der Waals surface area contributed by atoms with Gasteiger partial charge in [-0.2, -0.15) is 0 Å². The lowest BCUT2D eigenvalue weighted by Crippen LogP contribution is -2.41. The van der Waals surface area contributed by atoms with Gasteiger partial charge in [-0.05, 0) is 85.2 Å². The average Bonchev–Trinajstić information content (AvgIpc) is 2.90. The Bertz CT molecular complexity index is 1150. The Morgan fingerprint density at radius 2 is 1.61 bits per heavy atom. The summed E-state index contributed by atoms with van der Waals surface area (Å²) in [6, 6.07) is 15.7. The molecule has 4 rings (SSSR count). The number of fused-ring (bicyclic) bond motifs is 1. The van der Waals surface area contributed by atoms with E-state index < -0.39 is 24.3 Å². The molecule has 0 saturated carbocycles. The first kappa shape index (κ1) is 21.9. The van der Waals surface area contributed by atoms with Crippen LogP contribution in [0, 0.1) is 6.92 Å². The van der Waals surface area contributed by atoms with Gasteiger partial charge < -0.3 is 14.4 Å². The number of rotatable bonds is 4. The van der Waals surface area contributed by atoms with Crippen molar-refractivity contribution in [2.75, 3.05) is 0 Å². The fourth-order valence-electron chi connectivity index (χ4n) is 4.06. The zero-order chi connectivity index (χ0) is 22.6. The predicted octanol–water partition coefficient (Wildman–Crippen LogP) is 5.39. The molecular formula is C25H26BClO4. The Hall–Kier alpha value is -2.34. The third-order valence-electron chi connectivity index (χ3n) is 6.48. The number of carboxylic acids is 1. The maximum atomic E-state index is 11.6. The van der Waals surface area contributed by atoms with Gasteiger partial charge in [-0.15, -0.1) is 0 Å². The molecule has 0 aromatic heterocycles. The number of aliphatic carboxylic acids is 1. The molecule has 1 heterocycles. The number of carbonyl (C=O) groups is 1. The van der Waals surface area contributed by atoms with Crippen LogP contribution in [-0.2, 0) is 20.5 Å². The van der Waals surface area contributed by atoms with Gasteiger partial charge in [0.2, 0.25) is 0 Å². The number of hydrogen-bond donors (Lipinski definition) is 1. The fraction of sp³-hybridized carbons (Fsp3) is 0.320. The minimum atomic E-state index is -0.855. The fourth-order valence-corrected chi connectivity index (χ4v) is 4.19. The first-order valence-electron chi connectivity index (χ1n) is 10.4. The Morgan fingerprint density at radius 3 is 2.19 bits per heavy atom. The molecule has 0 amide bonds. The van der Waals surface area contributed by atoms with Gasteiger partial charge in [-0.1, -0.05) is 48.0 Å². The van der Waals surface area contributed by atoms with Gasteiger partial charge in [0.1, 0.15) is 0 Å². The van der Waals surface area contributed by atoms with Gasteiger partial charge in [0.25, 0.3) is 0 Å². The van der Waals surface area contributed by atoms with E-state index in [0.717, 1.165) is 38.5 Å². The molecule has 160 valence electrons. The van der Waals surface area contributed by atoms with Crippen LogP contribution >= 0.6 is 11.6 Å². The Balaban J connectivity index is 1.88. The Kier molecular flexibility index (Phi) is 5.41. The molecule has 3 aromatic rings. The highest BCUT2D eigenvalue weighted by molar-refractivity contribution is 6.62. The second-order valence-electron chi connectivity index (χ2n) is 9.19. The highest BCUT2D eigenvalue weighted by Gasteiger charge is 2.51. The first-order chi connectivity index (χ1) is 14.5. The maximum Gasteiger partial charge on any atom is 0.494 e. The van der Waals surface area contributed by atoms with Crippen molar-refractivity contribution in [1.82, 2.24) is 0 Å². The molecule has 3 aromatic carbocycles. The van der Waals surface area contributed by atoms with Crippen molar-refractivity contribution in [3.63, 3.8) is 0 Å². The number of carboxylic acid groups (broad SMARTS) is 1. The molecule has 0 aliphatic carbocycles. The zero-order valence-electron chi connectivity index (χ0n) is 18.5. The molecule has 0 unspecified atom stereocenters. The SMILES string of the molecule is Cc1cc2cc(B3OC(C)(C)C(C)(C)O3)ccc2c(-c2ccc(Cl)cc2)c1CC(=O)O. The van der Waals surface area contributed by atoms with Crippen molar-refractivity contribution >= 4 is 40.9 Å². The summed E-state index contributed by atoms with van der Waals surface area (Å²) in [5.74, 6) is -0.855. The Morgan fingerprint density at radius 1 is 1.00 bits per heavy atom. The molecule has 0 spiro atoms. The van der Waals surface area contributed by atoms with E-state index in [9.17, 15) is 9.90 Å². The van der Waals surface area contributed by atoms with E-state index in [4.69, 9.17) is 20.9 Å². The summed E-state index contributed by atoms with van der Waals surface area (Å²) in [5, 5.41) is 12.2. The highest BCUT2D eigenvalue weighted by atomic mass is 35.5. The van der Waals surface area contributed by atoms with Crippen molar-refractivity contribution in [2.24, 2.45) is 0 Å². The van der Waals surface area contributed by atoms with Gasteiger partial charge in [0.15, 0.2) is 0 Å². The van der Waals surface area contributed by atoms with E-state index in [1.54, 1.807) is 0 Å². The lowest BCUT2D eigenvalue weighted by Gasteiger charge is -2.32. The number of aryl methyl sites for hydroxylation is 1. The minimum absolute atomic E-state index is 0.0429. The van der Waals surface area contributed by atoms with Gasteiger partial charge in [0, 0.05) is 5.02 Å². The van der Waals surface area contributed by atoms with Gasteiger partial charge >= 0.3 is 13.1 Å². The highest BCUT2D eigenvalue weighted by Crippen LogP contribution is 2.38. The van der Waals surface area contributed by atoms with Crippen molar-refractivity contribution < 1.29 is 19.2 Å². The molecule has 0 radical (unpaired) electrons. The lowest BCUT2D eigenvalue weighted by atomic mass is 9.77. The quantitative estimate of drug-likeness (QED) is 0.557. The summed E-state index contributed by atoms with van der Waals surface area (Å²) in [6.45, 7) is 10.1. The van der Waals surface area contributed by atoms with Crippen LogP contribution < -0.4 is 5.46 Å². The lowest BCUT2D eigenvalue weighted by molar-refractivity contribution is -0.136. The van der Waals surface area contributed by atoms with Crippen LogP contribution in [0.4, 0.5) is 0 Å². The Labute approximate surface area is 188 Å². The summed E-state index contributed by atoms with van der Waals surface area (Å²) >= 11 is 6.09. The zero-order valence-corrected chi connectivity index (χ0v) is 19.2. The van der Waals surface area contributed by atoms with Gasteiger partial charge in [-0.25, -0.2) is 0 Å². The van der Waals surface area contributed by atoms with E-state index in [-0.39, 0.29) is 6.42 Å². The predicted molar refractivity (Wildman–Crippen MR) is 126 cm³/mol. The number of halogens is 1. The van der Waals surface area contributed by atoms with Crippen molar-refractivity contribution in [3.05, 3.63) is 64.7 Å². The second-order valence-corrected chi connectivity index (χ2v) is 9.63. The van der Waals surface area contributed by atoms with Crippen LogP contribution in [-0.4, -0.2) is 29.4 Å². The molecule has 0 atom stereocenters. The molecule has 1 fully saturated rings. The topological polar surface area (TPSA) is 55.8 Å². The summed E-state index contributed by atoms with van der Waals surface area (Å²) in [4.78, 5) is 11.6. The molecule has 1 aliphatic heterocycles. The van der Waals surface area contributed by atoms with Crippen LogP contribution in [0.15, 0.2) is 48.5 Å². The van der Waals surface area contributed by atoms with Crippen LogP contribution in [0.3, 0.4) is 0 Å². The largest absolute Gasteiger partial charge is 0.494 e. The van der Waals surface area contributed by atoms with Crippen LogP contribution in [0.25, 0.3) is 21.9 Å². The van der Waals surface area contributed by atoms with Gasteiger partial charge in [-0.3, -0.25) is 4.79 Å². The molecule has 4 nitrogen and oxygen atoms in total. The number of hydrogen-bond acceptors (Lipinski definition) is 3. The average molecular weight is 437 g/mol. The number of benzene rings is 3. The molecule has 1 aliphatic rings. The van der Waals surface area contributed by atoms with Crippen LogP contribution in [0.1, 0.15) is 38.8 Å². The smallest absolute Gasteiger partial charge is 0.481 e. The van der Waals surface area contributed by atoms with E-state index in [0.29, 0.717) is 5.02 Å². The standard InChI is InChI=1S/C25H26BClO4/c1-15-12-17-13-18(26-30-24(2,3)25(4,5)31-26)8-11-20(17)23(21(15)14-22(28)29)16-6-9-19(27)10-7-16/h6-13H,14H2,1-5H3,(H,28,29). The normalized spacial score (nSPS) is 17.3. The van der Waals surface area contributed by atoms with Crippen LogP contribution in [0.5, 0.6) is 0 Å². The molecule has 0 bridgehead atoms. The van der Waals surface area contributed by atoms with E-state index >= 15 is 0 Å². The molecule has 1 N–H and O–H groups in total. The minimum Gasteiger partial charge on any atom is -0.481 e. The van der Waals surface area contributed by atoms with Crippen molar-refractivity contribution in [1.29, 1.82) is 0 Å². The molecule has 1 saturated heterocycles. The van der Waals surface area contributed by atoms with Crippen molar-refractivity contribution in [3.8, 4) is 11.1 Å². The summed E-state index contributed by atoms with van der Waals surface area (Å²) in [7, 11) is -0.451. The molecule has 6 heteroatoms. The van der Waals surface area contributed by atoms with Crippen molar-refractivity contribution in [2.45, 2.75) is 52.2 Å². The summed E-state index contributed by atoms with van der Waals surface area (Å²) < 4.78 is 12.4. The summed E-state index contributed by atoms with van der Waals surface area (Å²) in [5.41, 5.74) is 3.73. The monoisotopic (exact) mass is 436 g/mol. The maximum absolute atomic E-state index is 11.6. The van der Waals surface area contributed by atoms with E-state index in [2.05, 4.69) is 6.07 Å².